The van der Waals surface area contributed by atoms with E-state index in [2.05, 4.69) is 36.9 Å². The Morgan fingerprint density at radius 3 is 2.22 bits per heavy atom. The zero-order valence-electron chi connectivity index (χ0n) is 11.1. The lowest BCUT2D eigenvalue weighted by molar-refractivity contribution is 0.866. The zero-order chi connectivity index (χ0) is 13.5. The Bertz CT molecular complexity index is 453. The Morgan fingerprint density at radius 1 is 1.28 bits per heavy atom. The summed E-state index contributed by atoms with van der Waals surface area (Å²) in [6.45, 7) is 8.19. The summed E-state index contributed by atoms with van der Waals surface area (Å²) in [5.41, 5.74) is 3.17. The molecule has 2 N–H and O–H groups in total. The van der Waals surface area contributed by atoms with Crippen molar-refractivity contribution in [2.45, 2.75) is 20.8 Å². The van der Waals surface area contributed by atoms with Gasteiger partial charge in [0.25, 0.3) is 0 Å². The van der Waals surface area contributed by atoms with Gasteiger partial charge in [-0.05, 0) is 56.0 Å². The van der Waals surface area contributed by atoms with E-state index >= 15 is 0 Å². The molecule has 0 unspecified atom stereocenters. The quantitative estimate of drug-likeness (QED) is 0.652. The highest BCUT2D eigenvalue weighted by Gasteiger charge is 2.05. The van der Waals surface area contributed by atoms with Crippen molar-refractivity contribution in [3.05, 3.63) is 34.7 Å². The van der Waals surface area contributed by atoms with E-state index in [0.29, 0.717) is 4.91 Å². The SMILES string of the molecule is CCN(CC)c1ccc(/C(C)=C(\C#N)SN)cc1. The largest absolute Gasteiger partial charge is 0.372 e. The van der Waals surface area contributed by atoms with Crippen molar-refractivity contribution in [2.24, 2.45) is 5.14 Å². The number of nitrogens with zero attached hydrogens (tertiary/aromatic N) is 2. The minimum atomic E-state index is 0.561. The average Bonchev–Trinajstić information content (AvgIpc) is 2.42. The highest BCUT2D eigenvalue weighted by molar-refractivity contribution is 8.01. The molecule has 0 aromatic heterocycles. The molecule has 0 aliphatic rings. The van der Waals surface area contributed by atoms with E-state index in [1.807, 2.05) is 19.1 Å². The standard InChI is InChI=1S/C14H19N3S/c1-4-17(5-2)13-8-6-12(7-9-13)11(3)14(10-15)18-16/h6-9H,4-5,16H2,1-3H3/b14-11+. The predicted octanol–water partition coefficient (Wildman–Crippen LogP) is 3.39. The van der Waals surface area contributed by atoms with Crippen LogP contribution in [0, 0.1) is 11.3 Å². The van der Waals surface area contributed by atoms with Gasteiger partial charge in [-0.15, -0.1) is 0 Å². The molecule has 0 aliphatic carbocycles. The number of benzene rings is 1. The molecule has 0 aliphatic heterocycles. The van der Waals surface area contributed by atoms with Crippen molar-refractivity contribution in [1.82, 2.24) is 0 Å². The molecular formula is C14H19N3S. The van der Waals surface area contributed by atoms with E-state index < -0.39 is 0 Å². The summed E-state index contributed by atoms with van der Waals surface area (Å²) < 4.78 is 0. The van der Waals surface area contributed by atoms with Crippen LogP contribution in [0.2, 0.25) is 0 Å². The van der Waals surface area contributed by atoms with Gasteiger partial charge in [0.1, 0.15) is 11.0 Å². The molecule has 0 saturated heterocycles. The Morgan fingerprint density at radius 2 is 1.83 bits per heavy atom. The first-order valence-corrected chi connectivity index (χ1v) is 6.88. The number of hydrogen-bond donors (Lipinski definition) is 1. The van der Waals surface area contributed by atoms with Gasteiger partial charge in [-0.3, -0.25) is 5.14 Å². The van der Waals surface area contributed by atoms with Crippen molar-refractivity contribution in [2.75, 3.05) is 18.0 Å². The summed E-state index contributed by atoms with van der Waals surface area (Å²) in [7, 11) is 0. The second kappa shape index (κ2) is 7.10. The topological polar surface area (TPSA) is 53.0 Å². The zero-order valence-corrected chi connectivity index (χ0v) is 11.9. The van der Waals surface area contributed by atoms with Crippen LogP contribution in [0.25, 0.3) is 5.57 Å². The fourth-order valence-electron chi connectivity index (χ4n) is 1.84. The third-order valence-corrected chi connectivity index (χ3v) is 3.62. The van der Waals surface area contributed by atoms with Crippen LogP contribution in [0.5, 0.6) is 0 Å². The highest BCUT2D eigenvalue weighted by atomic mass is 32.2. The minimum absolute atomic E-state index is 0.561. The molecule has 0 bridgehead atoms. The highest BCUT2D eigenvalue weighted by Crippen LogP contribution is 2.25. The molecule has 96 valence electrons. The molecule has 1 aromatic rings. The molecular weight excluding hydrogens is 242 g/mol. The Hall–Kier alpha value is -1.44. The van der Waals surface area contributed by atoms with Crippen LogP contribution in [-0.4, -0.2) is 13.1 Å². The van der Waals surface area contributed by atoms with Gasteiger partial charge >= 0.3 is 0 Å². The van der Waals surface area contributed by atoms with Crippen molar-refractivity contribution in [3.63, 3.8) is 0 Å². The summed E-state index contributed by atoms with van der Waals surface area (Å²) in [6, 6.07) is 10.4. The van der Waals surface area contributed by atoms with Gasteiger partial charge in [0.05, 0.1) is 0 Å². The Balaban J connectivity index is 3.03. The van der Waals surface area contributed by atoms with E-state index in [0.717, 1.165) is 36.2 Å². The molecule has 1 aromatic carbocycles. The lowest BCUT2D eigenvalue weighted by Crippen LogP contribution is -2.21. The molecule has 0 radical (unpaired) electrons. The monoisotopic (exact) mass is 261 g/mol. The molecule has 0 fully saturated rings. The average molecular weight is 261 g/mol. The van der Waals surface area contributed by atoms with Crippen molar-refractivity contribution in [1.29, 1.82) is 5.26 Å². The molecule has 18 heavy (non-hydrogen) atoms. The number of hydrogen-bond acceptors (Lipinski definition) is 4. The smallest absolute Gasteiger partial charge is 0.108 e. The molecule has 0 heterocycles. The number of nitrogens with two attached hydrogens (primary N) is 1. The van der Waals surface area contributed by atoms with Crippen LogP contribution in [-0.2, 0) is 0 Å². The van der Waals surface area contributed by atoms with Gasteiger partial charge in [-0.2, -0.15) is 5.26 Å². The first kappa shape index (κ1) is 14.6. The van der Waals surface area contributed by atoms with E-state index in [1.54, 1.807) is 0 Å². The normalized spacial score (nSPS) is 11.7. The molecule has 1 rings (SSSR count). The van der Waals surface area contributed by atoms with Gasteiger partial charge in [-0.1, -0.05) is 12.1 Å². The minimum Gasteiger partial charge on any atom is -0.372 e. The first-order valence-electron chi connectivity index (χ1n) is 6.01. The maximum atomic E-state index is 8.96. The maximum Gasteiger partial charge on any atom is 0.108 e. The summed E-state index contributed by atoms with van der Waals surface area (Å²) in [5, 5.41) is 14.4. The van der Waals surface area contributed by atoms with Crippen LogP contribution in [0.1, 0.15) is 26.3 Å². The lowest BCUT2D eigenvalue weighted by atomic mass is 10.1. The molecule has 0 atom stereocenters. The Labute approximate surface area is 113 Å². The molecule has 0 amide bonds. The lowest BCUT2D eigenvalue weighted by Gasteiger charge is -2.21. The molecule has 3 nitrogen and oxygen atoms in total. The van der Waals surface area contributed by atoms with Crippen LogP contribution in [0.3, 0.4) is 0 Å². The third-order valence-electron chi connectivity index (χ3n) is 2.99. The summed E-state index contributed by atoms with van der Waals surface area (Å²) >= 11 is 1.00. The molecule has 4 heteroatoms. The number of anilines is 1. The molecule has 0 saturated carbocycles. The van der Waals surface area contributed by atoms with Gasteiger partial charge in [0.15, 0.2) is 0 Å². The first-order chi connectivity index (χ1) is 8.67. The van der Waals surface area contributed by atoms with Crippen molar-refractivity contribution >= 4 is 23.2 Å². The van der Waals surface area contributed by atoms with E-state index in [1.165, 1.54) is 5.69 Å². The van der Waals surface area contributed by atoms with E-state index in [-0.39, 0.29) is 0 Å². The predicted molar refractivity (Wildman–Crippen MR) is 80.0 cm³/mol. The summed E-state index contributed by atoms with van der Waals surface area (Å²) in [4.78, 5) is 2.84. The van der Waals surface area contributed by atoms with E-state index in [4.69, 9.17) is 10.4 Å². The van der Waals surface area contributed by atoms with Crippen LogP contribution in [0.15, 0.2) is 29.2 Å². The van der Waals surface area contributed by atoms with Gasteiger partial charge in [0.2, 0.25) is 0 Å². The second-order valence-electron chi connectivity index (χ2n) is 3.90. The third kappa shape index (κ3) is 3.28. The van der Waals surface area contributed by atoms with Gasteiger partial charge in [-0.25, -0.2) is 0 Å². The van der Waals surface area contributed by atoms with Crippen molar-refractivity contribution in [3.8, 4) is 6.07 Å². The van der Waals surface area contributed by atoms with Gasteiger partial charge < -0.3 is 4.90 Å². The van der Waals surface area contributed by atoms with Gasteiger partial charge in [0, 0.05) is 18.8 Å². The fraction of sp³-hybridized carbons (Fsp3) is 0.357. The summed E-state index contributed by atoms with van der Waals surface area (Å²) in [5.74, 6) is 0. The van der Waals surface area contributed by atoms with Crippen molar-refractivity contribution < 1.29 is 0 Å². The number of rotatable bonds is 5. The maximum absolute atomic E-state index is 8.96. The number of allylic oxidation sites excluding steroid dienone is 2. The molecule has 0 spiro atoms. The van der Waals surface area contributed by atoms with Crippen LogP contribution >= 0.6 is 11.9 Å². The van der Waals surface area contributed by atoms with Crippen LogP contribution in [0.4, 0.5) is 5.69 Å². The van der Waals surface area contributed by atoms with E-state index in [9.17, 15) is 0 Å². The fourth-order valence-corrected chi connectivity index (χ4v) is 2.19. The number of nitriles is 1. The Kier molecular flexibility index (Phi) is 5.76. The van der Waals surface area contributed by atoms with Crippen LogP contribution < -0.4 is 10.0 Å². The second-order valence-corrected chi connectivity index (χ2v) is 4.55. The summed E-state index contributed by atoms with van der Waals surface area (Å²) in [6.07, 6.45) is 0.